The summed E-state index contributed by atoms with van der Waals surface area (Å²) in [6, 6.07) is 11.2. The number of aromatic nitrogens is 1. The molecule has 12 heteroatoms. The van der Waals surface area contributed by atoms with Gasteiger partial charge in [0.25, 0.3) is 11.6 Å². The molecule has 1 amide bonds. The fraction of sp³-hybridized carbons (Fsp3) is 0.136. The summed E-state index contributed by atoms with van der Waals surface area (Å²) in [5.41, 5.74) is -0.751. The molecule has 2 aromatic carbocycles. The zero-order chi connectivity index (χ0) is 24.9. The Balaban J connectivity index is 1.69. The Hall–Kier alpha value is -4.48. The normalized spacial score (nSPS) is 10.9. The molecule has 0 spiro atoms. The molecular formula is C22H17F3N4O5. The maximum Gasteiger partial charge on any atom is 0.416 e. The van der Waals surface area contributed by atoms with Gasteiger partial charge in [0.2, 0.25) is 0 Å². The average molecular weight is 474 g/mol. The molecule has 2 N–H and O–H groups in total. The first-order chi connectivity index (χ1) is 16.0. The second-order valence-corrected chi connectivity index (χ2v) is 7.01. The molecule has 34 heavy (non-hydrogen) atoms. The average Bonchev–Trinajstić information content (AvgIpc) is 2.78. The number of anilines is 3. The molecule has 0 radical (unpaired) electrons. The van der Waals surface area contributed by atoms with Crippen LogP contribution in [0.3, 0.4) is 0 Å². The molecule has 176 valence electrons. The summed E-state index contributed by atoms with van der Waals surface area (Å²) in [4.78, 5) is 39.1. The van der Waals surface area contributed by atoms with Crippen molar-refractivity contribution in [3.8, 4) is 0 Å². The van der Waals surface area contributed by atoms with Gasteiger partial charge in [-0.25, -0.2) is 9.78 Å². The van der Waals surface area contributed by atoms with Crippen LogP contribution < -0.4 is 10.6 Å². The van der Waals surface area contributed by atoms with E-state index >= 15 is 0 Å². The lowest BCUT2D eigenvalue weighted by Crippen LogP contribution is -2.22. The van der Waals surface area contributed by atoms with Crippen LogP contribution in [-0.2, 0) is 15.7 Å². The highest BCUT2D eigenvalue weighted by Crippen LogP contribution is 2.31. The molecule has 0 fully saturated rings. The van der Waals surface area contributed by atoms with Gasteiger partial charge in [-0.05, 0) is 48.9 Å². The highest BCUT2D eigenvalue weighted by molar-refractivity contribution is 5.99. The molecule has 1 heterocycles. The number of pyridine rings is 1. The van der Waals surface area contributed by atoms with Gasteiger partial charge < -0.3 is 15.4 Å². The fourth-order valence-corrected chi connectivity index (χ4v) is 2.87. The third-order valence-corrected chi connectivity index (χ3v) is 4.44. The van der Waals surface area contributed by atoms with E-state index in [1.54, 1.807) is 13.0 Å². The van der Waals surface area contributed by atoms with Gasteiger partial charge in [-0.15, -0.1) is 0 Å². The molecule has 0 saturated heterocycles. The van der Waals surface area contributed by atoms with Gasteiger partial charge in [-0.2, -0.15) is 13.2 Å². The SMILES string of the molecule is Cc1ccc(NC(=O)COC(=O)c2cccnc2Nc2cccc(C(F)(F)F)c2)c([N+](=O)[O-])c1. The van der Waals surface area contributed by atoms with E-state index in [9.17, 15) is 32.9 Å². The van der Waals surface area contributed by atoms with Crippen molar-refractivity contribution in [3.05, 3.63) is 87.6 Å². The van der Waals surface area contributed by atoms with Crippen LogP contribution >= 0.6 is 0 Å². The number of amides is 1. The van der Waals surface area contributed by atoms with Crippen molar-refractivity contribution in [1.29, 1.82) is 0 Å². The minimum Gasteiger partial charge on any atom is -0.452 e. The first kappa shape index (κ1) is 24.2. The number of esters is 1. The van der Waals surface area contributed by atoms with Gasteiger partial charge >= 0.3 is 12.1 Å². The Morgan fingerprint density at radius 3 is 2.59 bits per heavy atom. The standard InChI is InChI=1S/C22H17F3N4O5/c1-13-7-8-17(18(10-13)29(32)33)28-19(30)12-34-21(31)16-6-3-9-26-20(16)27-15-5-2-4-14(11-15)22(23,24)25/h2-11H,12H2,1H3,(H,26,27)(H,28,30). The van der Waals surface area contributed by atoms with Crippen LogP contribution in [0.1, 0.15) is 21.5 Å². The van der Waals surface area contributed by atoms with Crippen LogP contribution in [-0.4, -0.2) is 28.4 Å². The number of halogens is 3. The molecule has 0 unspecified atom stereocenters. The van der Waals surface area contributed by atoms with E-state index in [1.807, 2.05) is 0 Å². The highest BCUT2D eigenvalue weighted by atomic mass is 19.4. The third-order valence-electron chi connectivity index (χ3n) is 4.44. The number of rotatable bonds is 7. The number of benzene rings is 2. The first-order valence-electron chi connectivity index (χ1n) is 9.66. The topological polar surface area (TPSA) is 123 Å². The predicted molar refractivity (Wildman–Crippen MR) is 116 cm³/mol. The van der Waals surface area contributed by atoms with Crippen molar-refractivity contribution in [1.82, 2.24) is 4.98 Å². The van der Waals surface area contributed by atoms with Gasteiger partial charge in [-0.3, -0.25) is 14.9 Å². The molecule has 0 aliphatic rings. The fourth-order valence-electron chi connectivity index (χ4n) is 2.87. The summed E-state index contributed by atoms with van der Waals surface area (Å²) >= 11 is 0. The lowest BCUT2D eigenvalue weighted by molar-refractivity contribution is -0.384. The van der Waals surface area contributed by atoms with Gasteiger partial charge in [0, 0.05) is 18.0 Å². The number of hydrogen-bond donors (Lipinski definition) is 2. The summed E-state index contributed by atoms with van der Waals surface area (Å²) in [5.74, 6) is -1.88. The van der Waals surface area contributed by atoms with Crippen molar-refractivity contribution in [2.24, 2.45) is 0 Å². The van der Waals surface area contributed by atoms with E-state index in [4.69, 9.17) is 4.74 Å². The Kier molecular flexibility index (Phi) is 7.09. The van der Waals surface area contributed by atoms with Gasteiger partial charge in [-0.1, -0.05) is 12.1 Å². The number of hydrogen-bond acceptors (Lipinski definition) is 7. The summed E-state index contributed by atoms with van der Waals surface area (Å²) < 4.78 is 43.8. The number of carbonyl (C=O) groups excluding carboxylic acids is 2. The van der Waals surface area contributed by atoms with Crippen molar-refractivity contribution in [3.63, 3.8) is 0 Å². The second kappa shape index (κ2) is 9.98. The zero-order valence-corrected chi connectivity index (χ0v) is 17.6. The van der Waals surface area contributed by atoms with E-state index in [0.717, 1.165) is 12.1 Å². The maximum absolute atomic E-state index is 12.9. The smallest absolute Gasteiger partial charge is 0.416 e. The summed E-state index contributed by atoms with van der Waals surface area (Å²) in [6.07, 6.45) is -3.24. The molecule has 0 bridgehead atoms. The number of ether oxygens (including phenoxy) is 1. The molecule has 3 aromatic rings. The predicted octanol–water partition coefficient (Wildman–Crippen LogP) is 4.86. The third kappa shape index (κ3) is 6.06. The van der Waals surface area contributed by atoms with Crippen LogP contribution in [0.25, 0.3) is 0 Å². The van der Waals surface area contributed by atoms with Crippen LogP contribution in [0.5, 0.6) is 0 Å². The lowest BCUT2D eigenvalue weighted by atomic mass is 10.2. The first-order valence-corrected chi connectivity index (χ1v) is 9.66. The Labute approximate surface area is 190 Å². The molecule has 0 aliphatic heterocycles. The van der Waals surface area contributed by atoms with Crippen LogP contribution in [0.2, 0.25) is 0 Å². The maximum atomic E-state index is 12.9. The number of aryl methyl sites for hydroxylation is 1. The van der Waals surface area contributed by atoms with Crippen molar-refractivity contribution < 1.29 is 32.4 Å². The Morgan fingerprint density at radius 2 is 1.88 bits per heavy atom. The Morgan fingerprint density at radius 1 is 1.12 bits per heavy atom. The molecule has 3 rings (SSSR count). The summed E-state index contributed by atoms with van der Waals surface area (Å²) in [6.45, 7) is 0.890. The molecule has 1 aromatic heterocycles. The number of nitrogens with one attached hydrogen (secondary N) is 2. The largest absolute Gasteiger partial charge is 0.452 e. The van der Waals surface area contributed by atoms with Gasteiger partial charge in [0.05, 0.1) is 10.5 Å². The van der Waals surface area contributed by atoms with E-state index in [-0.39, 0.29) is 28.4 Å². The molecular weight excluding hydrogens is 457 g/mol. The number of nitrogens with zero attached hydrogens (tertiary/aromatic N) is 2. The molecule has 0 saturated carbocycles. The monoisotopic (exact) mass is 474 g/mol. The molecule has 9 nitrogen and oxygen atoms in total. The van der Waals surface area contributed by atoms with Crippen LogP contribution in [0.15, 0.2) is 60.8 Å². The number of nitro benzene ring substituents is 1. The van der Waals surface area contributed by atoms with Gasteiger partial charge in [0.15, 0.2) is 6.61 Å². The van der Waals surface area contributed by atoms with Crippen molar-refractivity contribution >= 4 is 34.8 Å². The van der Waals surface area contributed by atoms with E-state index in [2.05, 4.69) is 15.6 Å². The lowest BCUT2D eigenvalue weighted by Gasteiger charge is -2.13. The highest BCUT2D eigenvalue weighted by Gasteiger charge is 2.30. The minimum absolute atomic E-state index is 0.0343. The van der Waals surface area contributed by atoms with Crippen molar-refractivity contribution in [2.45, 2.75) is 13.1 Å². The van der Waals surface area contributed by atoms with E-state index in [1.165, 1.54) is 42.6 Å². The zero-order valence-electron chi connectivity index (χ0n) is 17.6. The number of nitro groups is 1. The quantitative estimate of drug-likeness (QED) is 0.285. The minimum atomic E-state index is -4.55. The van der Waals surface area contributed by atoms with E-state index in [0.29, 0.717) is 5.56 Å². The number of alkyl halides is 3. The summed E-state index contributed by atoms with van der Waals surface area (Å²) in [5, 5.41) is 16.1. The van der Waals surface area contributed by atoms with Crippen molar-refractivity contribution in [2.75, 3.05) is 17.2 Å². The second-order valence-electron chi connectivity index (χ2n) is 7.01. The molecule has 0 aliphatic carbocycles. The Bertz CT molecular complexity index is 1250. The number of carbonyl (C=O) groups is 2. The molecule has 0 atom stereocenters. The van der Waals surface area contributed by atoms with Crippen LogP contribution in [0.4, 0.5) is 36.1 Å². The van der Waals surface area contributed by atoms with Crippen LogP contribution in [0, 0.1) is 17.0 Å². The summed E-state index contributed by atoms with van der Waals surface area (Å²) in [7, 11) is 0. The van der Waals surface area contributed by atoms with Gasteiger partial charge in [0.1, 0.15) is 17.1 Å². The van der Waals surface area contributed by atoms with E-state index < -0.39 is 35.1 Å².